The summed E-state index contributed by atoms with van der Waals surface area (Å²) in [6.45, 7) is 7.41. The molecule has 0 aromatic heterocycles. The first-order valence-corrected chi connectivity index (χ1v) is 12.3. The smallest absolute Gasteiger partial charge is 0.243 e. The first-order valence-electron chi connectivity index (χ1n) is 9.54. The molecule has 0 spiro atoms. The summed E-state index contributed by atoms with van der Waals surface area (Å²) < 4.78 is 27.1. The molecule has 1 aromatic rings. The van der Waals surface area contributed by atoms with Crippen molar-refractivity contribution >= 4 is 33.2 Å². The van der Waals surface area contributed by atoms with Gasteiger partial charge >= 0.3 is 0 Å². The van der Waals surface area contributed by atoms with Crippen LogP contribution in [0.25, 0.3) is 5.57 Å². The van der Waals surface area contributed by atoms with Gasteiger partial charge in [0.1, 0.15) is 5.84 Å². The summed E-state index contributed by atoms with van der Waals surface area (Å²) in [5.74, 6) is 0.782. The zero-order chi connectivity index (χ0) is 21.0. The number of hydrogen-bond donors (Lipinski definition) is 1. The quantitative estimate of drug-likeness (QED) is 0.689. The lowest BCUT2D eigenvalue weighted by Crippen LogP contribution is -2.27. The molecule has 1 N–H and O–H groups in total. The zero-order valence-corrected chi connectivity index (χ0v) is 18.7. The van der Waals surface area contributed by atoms with Crippen molar-refractivity contribution in [2.24, 2.45) is 4.99 Å². The van der Waals surface area contributed by atoms with E-state index in [0.29, 0.717) is 18.0 Å². The highest BCUT2D eigenvalue weighted by Gasteiger charge is 2.28. The Morgan fingerprint density at radius 2 is 1.90 bits per heavy atom. The van der Waals surface area contributed by atoms with E-state index in [2.05, 4.69) is 16.9 Å². The molecule has 29 heavy (non-hydrogen) atoms. The summed E-state index contributed by atoms with van der Waals surface area (Å²) in [4.78, 5) is 4.70. The molecular weight excluding hydrogens is 402 g/mol. The summed E-state index contributed by atoms with van der Waals surface area (Å²) in [5, 5.41) is 5.22. The Morgan fingerprint density at radius 3 is 2.48 bits per heavy atom. The Labute approximate surface area is 178 Å². The van der Waals surface area contributed by atoms with E-state index < -0.39 is 10.0 Å². The van der Waals surface area contributed by atoms with Gasteiger partial charge in [-0.2, -0.15) is 4.31 Å². The molecule has 154 valence electrons. The fourth-order valence-corrected chi connectivity index (χ4v) is 5.33. The Kier molecular flexibility index (Phi) is 6.82. The fraction of sp³-hybridized carbons (Fsp3) is 0.318. The summed E-state index contributed by atoms with van der Waals surface area (Å²) in [7, 11) is -1.66. The van der Waals surface area contributed by atoms with Gasteiger partial charge in [-0.05, 0) is 66.3 Å². The molecule has 0 aliphatic carbocycles. The van der Waals surface area contributed by atoms with Crippen molar-refractivity contribution in [3.63, 3.8) is 0 Å². The lowest BCUT2D eigenvalue weighted by molar-refractivity contribution is 0.477. The van der Waals surface area contributed by atoms with Crippen LogP contribution in [0.2, 0.25) is 0 Å². The maximum absolute atomic E-state index is 12.8. The van der Waals surface area contributed by atoms with Crippen LogP contribution < -0.4 is 5.32 Å². The summed E-state index contributed by atoms with van der Waals surface area (Å²) in [6.07, 6.45) is 7.76. The van der Waals surface area contributed by atoms with Crippen LogP contribution in [0, 0.1) is 0 Å². The number of allylic oxidation sites excluding steroid dienone is 3. The van der Waals surface area contributed by atoms with Gasteiger partial charge in [0, 0.05) is 37.5 Å². The maximum atomic E-state index is 12.8. The highest BCUT2D eigenvalue weighted by atomic mass is 32.2. The molecular formula is C22H27N3O2S2. The van der Waals surface area contributed by atoms with Crippen LogP contribution in [0.5, 0.6) is 0 Å². The Morgan fingerprint density at radius 1 is 1.24 bits per heavy atom. The number of nitrogens with zero attached hydrogens (tertiary/aromatic N) is 2. The van der Waals surface area contributed by atoms with Gasteiger partial charge < -0.3 is 5.32 Å². The largest absolute Gasteiger partial charge is 0.346 e. The molecule has 0 bridgehead atoms. The molecule has 2 heterocycles. The first kappa shape index (κ1) is 21.6. The minimum atomic E-state index is -3.41. The molecule has 2 aliphatic heterocycles. The van der Waals surface area contributed by atoms with Crippen molar-refractivity contribution in [2.45, 2.75) is 24.7 Å². The monoisotopic (exact) mass is 429 g/mol. The number of nitrogens with one attached hydrogen (secondary N) is 1. The van der Waals surface area contributed by atoms with Crippen LogP contribution in [-0.2, 0) is 10.0 Å². The molecule has 0 amide bonds. The molecule has 1 saturated heterocycles. The van der Waals surface area contributed by atoms with Crippen molar-refractivity contribution in [1.29, 1.82) is 0 Å². The Balaban J connectivity index is 1.95. The minimum absolute atomic E-state index is 0.341. The lowest BCUT2D eigenvalue weighted by atomic mass is 9.93. The molecule has 2 aliphatic rings. The molecule has 0 unspecified atom stereocenters. The van der Waals surface area contributed by atoms with Crippen LogP contribution in [0.4, 0.5) is 0 Å². The van der Waals surface area contributed by atoms with Crippen LogP contribution in [-0.4, -0.2) is 45.0 Å². The molecule has 0 atom stereocenters. The average molecular weight is 430 g/mol. The van der Waals surface area contributed by atoms with Gasteiger partial charge in [0.2, 0.25) is 10.0 Å². The summed E-state index contributed by atoms with van der Waals surface area (Å²) in [5.41, 5.74) is 4.84. The number of sulfonamides is 1. The van der Waals surface area contributed by atoms with Gasteiger partial charge in [-0.3, -0.25) is 4.99 Å². The molecule has 1 fully saturated rings. The van der Waals surface area contributed by atoms with Crippen molar-refractivity contribution in [2.75, 3.05) is 26.4 Å². The fourth-order valence-electron chi connectivity index (χ4n) is 3.52. The highest BCUT2D eigenvalue weighted by molar-refractivity contribution is 8.01. The third-order valence-electron chi connectivity index (χ3n) is 5.21. The van der Waals surface area contributed by atoms with Gasteiger partial charge in [0.25, 0.3) is 0 Å². The first-order chi connectivity index (χ1) is 13.9. The number of hydrogen-bond acceptors (Lipinski definition) is 4. The number of amidine groups is 1. The van der Waals surface area contributed by atoms with Crippen molar-refractivity contribution in [3.8, 4) is 0 Å². The van der Waals surface area contributed by atoms with Crippen molar-refractivity contribution in [3.05, 3.63) is 70.8 Å². The standard InChI is InChI=1S/C22H27N3O2S2/c1-16(11-14-28-4)17(2)21-20(15-24-22(21)23-3)18-7-9-19(10-8-18)29(26,27)25-12-5-6-13-25/h7-11,14-15H,1,5-6,12-13H2,2-4H3,(H,23,24)/b14-11-,21-17+. The highest BCUT2D eigenvalue weighted by Crippen LogP contribution is 2.33. The summed E-state index contributed by atoms with van der Waals surface area (Å²) >= 11 is 1.62. The number of aliphatic imine (C=N–C) groups is 1. The van der Waals surface area contributed by atoms with Gasteiger partial charge in [-0.25, -0.2) is 8.42 Å². The second kappa shape index (κ2) is 9.15. The van der Waals surface area contributed by atoms with Crippen LogP contribution in [0.15, 0.2) is 75.1 Å². The second-order valence-corrected chi connectivity index (χ2v) is 9.66. The lowest BCUT2D eigenvalue weighted by Gasteiger charge is -2.16. The Bertz CT molecular complexity index is 1010. The number of rotatable bonds is 6. The minimum Gasteiger partial charge on any atom is -0.346 e. The predicted molar refractivity (Wildman–Crippen MR) is 123 cm³/mol. The second-order valence-electron chi connectivity index (χ2n) is 6.97. The predicted octanol–water partition coefficient (Wildman–Crippen LogP) is 4.19. The van der Waals surface area contributed by atoms with E-state index in [9.17, 15) is 8.42 Å². The molecule has 1 aromatic carbocycles. The molecule has 0 saturated carbocycles. The average Bonchev–Trinajstić information content (AvgIpc) is 3.41. The third-order valence-corrected chi connectivity index (χ3v) is 7.53. The van der Waals surface area contributed by atoms with E-state index in [-0.39, 0.29) is 0 Å². The van der Waals surface area contributed by atoms with Gasteiger partial charge in [0.05, 0.1) is 4.90 Å². The van der Waals surface area contributed by atoms with Crippen molar-refractivity contribution in [1.82, 2.24) is 9.62 Å². The topological polar surface area (TPSA) is 61.8 Å². The maximum Gasteiger partial charge on any atom is 0.243 e. The van der Waals surface area contributed by atoms with Gasteiger partial charge in [-0.15, -0.1) is 11.8 Å². The normalized spacial score (nSPS) is 20.9. The van der Waals surface area contributed by atoms with Crippen molar-refractivity contribution < 1.29 is 8.42 Å². The van der Waals surface area contributed by atoms with Gasteiger partial charge in [0.15, 0.2) is 0 Å². The van der Waals surface area contributed by atoms with Gasteiger partial charge in [-0.1, -0.05) is 18.7 Å². The van der Waals surface area contributed by atoms with E-state index in [4.69, 9.17) is 0 Å². The molecule has 0 radical (unpaired) electrons. The van der Waals surface area contributed by atoms with E-state index in [0.717, 1.165) is 46.5 Å². The molecule has 5 nitrogen and oxygen atoms in total. The number of thioether (sulfide) groups is 1. The van der Waals surface area contributed by atoms with E-state index in [1.807, 2.05) is 43.0 Å². The number of benzene rings is 1. The van der Waals surface area contributed by atoms with E-state index >= 15 is 0 Å². The van der Waals surface area contributed by atoms with Crippen LogP contribution in [0.3, 0.4) is 0 Å². The van der Waals surface area contributed by atoms with Crippen LogP contribution in [0.1, 0.15) is 25.3 Å². The van der Waals surface area contributed by atoms with E-state index in [1.165, 1.54) is 0 Å². The molecule has 3 rings (SSSR count). The Hall–Kier alpha value is -2.09. The van der Waals surface area contributed by atoms with Crippen LogP contribution >= 0.6 is 11.8 Å². The van der Waals surface area contributed by atoms with E-state index in [1.54, 1.807) is 35.2 Å². The zero-order valence-electron chi connectivity index (χ0n) is 17.1. The third kappa shape index (κ3) is 4.42. The SMILES string of the molecule is C=C(/C=C\SC)/C(C)=C1\C(c2ccc(S(=O)(=O)N3CCCC3)cc2)=CNC1=NC. The molecule has 7 heteroatoms. The summed E-state index contributed by atoms with van der Waals surface area (Å²) in [6, 6.07) is 7.12.